The number of hydrogen-bond donors (Lipinski definition) is 1. The van der Waals surface area contributed by atoms with Crippen LogP contribution in [0.25, 0.3) is 0 Å². The van der Waals surface area contributed by atoms with Gasteiger partial charge in [-0.25, -0.2) is 0 Å². The normalized spacial score (nSPS) is 29.5. The first-order valence-electron chi connectivity index (χ1n) is 7.12. The monoisotopic (exact) mass is 259 g/mol. The molecule has 0 radical (unpaired) electrons. The zero-order chi connectivity index (χ0) is 13.8. The summed E-state index contributed by atoms with van der Waals surface area (Å²) >= 11 is 0. The van der Waals surface area contributed by atoms with Gasteiger partial charge in [0.25, 0.3) is 0 Å². The van der Waals surface area contributed by atoms with Gasteiger partial charge in [-0.2, -0.15) is 5.26 Å². The lowest BCUT2D eigenvalue weighted by molar-refractivity contribution is -0.135. The van der Waals surface area contributed by atoms with Crippen molar-refractivity contribution in [2.45, 2.75) is 63.1 Å². The van der Waals surface area contributed by atoms with Crippen LogP contribution in [0.15, 0.2) is 0 Å². The Labute approximate surface area is 114 Å². The van der Waals surface area contributed by atoms with Gasteiger partial charge in [0.2, 0.25) is 5.91 Å². The molecular formula is C15H21N3O. The third kappa shape index (κ3) is 2.74. The molecule has 1 heterocycles. The molecule has 1 amide bonds. The summed E-state index contributed by atoms with van der Waals surface area (Å²) in [5.41, 5.74) is 6.14. The quantitative estimate of drug-likeness (QED) is 0.762. The number of nitrogens with two attached hydrogens (primary N) is 1. The third-order valence-corrected chi connectivity index (χ3v) is 4.42. The predicted molar refractivity (Wildman–Crippen MR) is 72.7 cm³/mol. The highest BCUT2D eigenvalue weighted by molar-refractivity contribution is 5.83. The third-order valence-electron chi connectivity index (χ3n) is 4.42. The van der Waals surface area contributed by atoms with Crippen molar-refractivity contribution >= 4 is 5.91 Å². The Bertz CT molecular complexity index is 392. The predicted octanol–water partition coefficient (Wildman–Crippen LogP) is 1.41. The maximum atomic E-state index is 12.5. The number of nitriles is 1. The van der Waals surface area contributed by atoms with Crippen LogP contribution < -0.4 is 5.73 Å². The molecule has 2 aliphatic rings. The fourth-order valence-electron chi connectivity index (χ4n) is 3.28. The topological polar surface area (TPSA) is 70.1 Å². The maximum Gasteiger partial charge on any atom is 0.241 e. The van der Waals surface area contributed by atoms with Crippen LogP contribution in [0.3, 0.4) is 0 Å². The minimum absolute atomic E-state index is 0.126. The van der Waals surface area contributed by atoms with Gasteiger partial charge in [0.05, 0.1) is 18.2 Å². The largest absolute Gasteiger partial charge is 0.320 e. The van der Waals surface area contributed by atoms with Crippen molar-refractivity contribution in [1.82, 2.24) is 4.90 Å². The minimum atomic E-state index is -0.495. The van der Waals surface area contributed by atoms with Gasteiger partial charge in [-0.15, -0.1) is 6.42 Å². The van der Waals surface area contributed by atoms with Gasteiger partial charge in [-0.1, -0.05) is 25.2 Å². The SMILES string of the molecule is C#C[C@H]1CC[C@@H](C#N)N1C(=O)[C@@H](N)C1CCCCC1. The number of carbonyl (C=O) groups excluding carboxylic acids is 1. The van der Waals surface area contributed by atoms with Crippen LogP contribution in [0.1, 0.15) is 44.9 Å². The fourth-order valence-corrected chi connectivity index (χ4v) is 3.28. The van der Waals surface area contributed by atoms with Gasteiger partial charge in [0.1, 0.15) is 6.04 Å². The number of rotatable bonds is 2. The molecule has 0 aromatic carbocycles. The van der Waals surface area contributed by atoms with Crippen LogP contribution in [0, 0.1) is 29.6 Å². The highest BCUT2D eigenvalue weighted by atomic mass is 16.2. The summed E-state index contributed by atoms with van der Waals surface area (Å²) in [7, 11) is 0. The van der Waals surface area contributed by atoms with Crippen LogP contribution in [-0.2, 0) is 4.79 Å². The average Bonchev–Trinajstić information content (AvgIpc) is 2.89. The zero-order valence-corrected chi connectivity index (χ0v) is 11.2. The first kappa shape index (κ1) is 13.9. The van der Waals surface area contributed by atoms with E-state index in [-0.39, 0.29) is 17.9 Å². The molecule has 0 aromatic rings. The second-order valence-corrected chi connectivity index (χ2v) is 5.57. The minimum Gasteiger partial charge on any atom is -0.320 e. The molecule has 19 heavy (non-hydrogen) atoms. The van der Waals surface area contributed by atoms with Crippen LogP contribution >= 0.6 is 0 Å². The molecule has 2 N–H and O–H groups in total. The smallest absolute Gasteiger partial charge is 0.241 e. The molecule has 0 bridgehead atoms. The van der Waals surface area contributed by atoms with Gasteiger partial charge in [0, 0.05) is 0 Å². The summed E-state index contributed by atoms with van der Waals surface area (Å²) in [5, 5.41) is 9.14. The van der Waals surface area contributed by atoms with Gasteiger partial charge in [-0.05, 0) is 31.6 Å². The van der Waals surface area contributed by atoms with Gasteiger partial charge >= 0.3 is 0 Å². The van der Waals surface area contributed by atoms with E-state index >= 15 is 0 Å². The Morgan fingerprint density at radius 2 is 1.84 bits per heavy atom. The molecule has 1 aliphatic carbocycles. The van der Waals surface area contributed by atoms with E-state index in [1.807, 2.05) is 0 Å². The summed E-state index contributed by atoms with van der Waals surface area (Å²) in [6.45, 7) is 0. The molecule has 0 aromatic heterocycles. The molecule has 2 rings (SSSR count). The fraction of sp³-hybridized carbons (Fsp3) is 0.733. The number of nitrogens with zero attached hydrogens (tertiary/aromatic N) is 2. The molecule has 4 nitrogen and oxygen atoms in total. The summed E-state index contributed by atoms with van der Waals surface area (Å²) in [6, 6.07) is 1.02. The van der Waals surface area contributed by atoms with Crippen LogP contribution in [0.4, 0.5) is 0 Å². The van der Waals surface area contributed by atoms with E-state index in [0.717, 1.165) is 25.7 Å². The van der Waals surface area contributed by atoms with E-state index in [2.05, 4.69) is 12.0 Å². The van der Waals surface area contributed by atoms with E-state index in [0.29, 0.717) is 12.8 Å². The zero-order valence-electron chi connectivity index (χ0n) is 11.2. The highest BCUT2D eigenvalue weighted by Crippen LogP contribution is 2.29. The van der Waals surface area contributed by atoms with Crippen molar-refractivity contribution in [2.24, 2.45) is 11.7 Å². The van der Waals surface area contributed by atoms with Crippen molar-refractivity contribution in [3.8, 4) is 18.4 Å². The maximum absolute atomic E-state index is 12.5. The Morgan fingerprint density at radius 1 is 1.21 bits per heavy atom. The standard InChI is InChI=1S/C15H21N3O/c1-2-12-8-9-13(10-16)18(12)15(19)14(17)11-6-4-3-5-7-11/h1,11-14H,3-9,17H2/t12-,13-,14-/m0/s1. The van der Waals surface area contributed by atoms with E-state index in [1.165, 1.54) is 6.42 Å². The Balaban J connectivity index is 2.08. The molecule has 1 saturated carbocycles. The molecule has 1 aliphatic heterocycles. The summed E-state index contributed by atoms with van der Waals surface area (Å²) in [6.07, 6.45) is 12.4. The molecule has 102 valence electrons. The van der Waals surface area contributed by atoms with Crippen molar-refractivity contribution in [3.63, 3.8) is 0 Å². The summed E-state index contributed by atoms with van der Waals surface area (Å²) in [4.78, 5) is 14.1. The molecule has 3 atom stereocenters. The van der Waals surface area contributed by atoms with Crippen LogP contribution in [-0.4, -0.2) is 28.9 Å². The lowest BCUT2D eigenvalue weighted by atomic mass is 9.83. The van der Waals surface area contributed by atoms with E-state index in [1.54, 1.807) is 4.90 Å². The molecule has 0 spiro atoms. The average molecular weight is 259 g/mol. The van der Waals surface area contributed by atoms with E-state index in [9.17, 15) is 4.79 Å². The van der Waals surface area contributed by atoms with Gasteiger partial charge in [-0.3, -0.25) is 4.79 Å². The number of carbonyl (C=O) groups is 1. The lowest BCUT2D eigenvalue weighted by Crippen LogP contribution is -2.52. The molecular weight excluding hydrogens is 238 g/mol. The van der Waals surface area contributed by atoms with E-state index < -0.39 is 12.1 Å². The van der Waals surface area contributed by atoms with E-state index in [4.69, 9.17) is 17.4 Å². The van der Waals surface area contributed by atoms with Crippen LogP contribution in [0.2, 0.25) is 0 Å². The van der Waals surface area contributed by atoms with Gasteiger partial charge < -0.3 is 10.6 Å². The molecule has 2 fully saturated rings. The number of likely N-dealkylation sites (tertiary alicyclic amines) is 1. The van der Waals surface area contributed by atoms with Gasteiger partial charge in [0.15, 0.2) is 0 Å². The lowest BCUT2D eigenvalue weighted by Gasteiger charge is -2.32. The first-order valence-corrected chi connectivity index (χ1v) is 7.12. The molecule has 0 unspecified atom stereocenters. The summed E-state index contributed by atoms with van der Waals surface area (Å²) < 4.78 is 0. The molecule has 4 heteroatoms. The number of amides is 1. The Kier molecular flexibility index (Phi) is 4.45. The Morgan fingerprint density at radius 3 is 2.42 bits per heavy atom. The first-order chi connectivity index (χ1) is 9.19. The molecule has 1 saturated heterocycles. The van der Waals surface area contributed by atoms with Crippen molar-refractivity contribution in [1.29, 1.82) is 5.26 Å². The Hall–Kier alpha value is -1.52. The number of hydrogen-bond acceptors (Lipinski definition) is 3. The number of terminal acetylenes is 1. The van der Waals surface area contributed by atoms with Crippen molar-refractivity contribution in [2.75, 3.05) is 0 Å². The van der Waals surface area contributed by atoms with Crippen molar-refractivity contribution in [3.05, 3.63) is 0 Å². The highest BCUT2D eigenvalue weighted by Gasteiger charge is 2.40. The van der Waals surface area contributed by atoms with Crippen molar-refractivity contribution < 1.29 is 4.79 Å². The van der Waals surface area contributed by atoms with Crippen LogP contribution in [0.5, 0.6) is 0 Å². The summed E-state index contributed by atoms with van der Waals surface area (Å²) in [5.74, 6) is 2.74. The second kappa shape index (κ2) is 6.08. The second-order valence-electron chi connectivity index (χ2n) is 5.57.